The van der Waals surface area contributed by atoms with E-state index in [0.717, 1.165) is 39.0 Å². The lowest BCUT2D eigenvalue weighted by atomic mass is 10.1. The van der Waals surface area contributed by atoms with Crippen LogP contribution < -0.4 is 5.32 Å². The zero-order valence-electron chi connectivity index (χ0n) is 11.0. The predicted octanol–water partition coefficient (Wildman–Crippen LogP) is 1.44. The lowest BCUT2D eigenvalue weighted by Crippen LogP contribution is -2.34. The van der Waals surface area contributed by atoms with Gasteiger partial charge in [0.15, 0.2) is 0 Å². The van der Waals surface area contributed by atoms with Gasteiger partial charge in [0.1, 0.15) is 0 Å². The van der Waals surface area contributed by atoms with Crippen molar-refractivity contribution in [2.45, 2.75) is 32.2 Å². The molecule has 0 amide bonds. The zero-order chi connectivity index (χ0) is 12.1. The Bertz CT molecular complexity index is 133. The summed E-state index contributed by atoms with van der Waals surface area (Å²) in [6.07, 6.45) is 3.32. The van der Waals surface area contributed by atoms with Gasteiger partial charge in [0.2, 0.25) is 0 Å². The maximum atomic E-state index is 5.54. The van der Waals surface area contributed by atoms with Crippen LogP contribution in [0.15, 0.2) is 0 Å². The summed E-state index contributed by atoms with van der Waals surface area (Å²) in [4.78, 5) is 0. The van der Waals surface area contributed by atoms with Gasteiger partial charge in [-0.25, -0.2) is 0 Å². The highest BCUT2D eigenvalue weighted by molar-refractivity contribution is 4.65. The van der Waals surface area contributed by atoms with Gasteiger partial charge in [-0.1, -0.05) is 6.92 Å². The molecule has 1 atom stereocenters. The summed E-state index contributed by atoms with van der Waals surface area (Å²) in [5.41, 5.74) is 0. The van der Waals surface area contributed by atoms with E-state index in [1.165, 1.54) is 0 Å². The number of hydrogen-bond acceptors (Lipinski definition) is 4. The van der Waals surface area contributed by atoms with E-state index in [0.29, 0.717) is 19.3 Å². The van der Waals surface area contributed by atoms with Crippen molar-refractivity contribution < 1.29 is 14.2 Å². The van der Waals surface area contributed by atoms with Crippen molar-refractivity contribution in [2.24, 2.45) is 0 Å². The number of ether oxygens (including phenoxy) is 3. The summed E-state index contributed by atoms with van der Waals surface area (Å²) in [6, 6.07) is 0.437. The van der Waals surface area contributed by atoms with Crippen LogP contribution in [0.25, 0.3) is 0 Å². The monoisotopic (exact) mass is 233 g/mol. The van der Waals surface area contributed by atoms with Crippen LogP contribution in [0.2, 0.25) is 0 Å². The summed E-state index contributed by atoms with van der Waals surface area (Å²) in [6.45, 7) is 6.13. The normalized spacial score (nSPS) is 12.9. The molecule has 0 aliphatic rings. The zero-order valence-corrected chi connectivity index (χ0v) is 11.0. The van der Waals surface area contributed by atoms with Gasteiger partial charge in [0.05, 0.1) is 19.8 Å². The summed E-state index contributed by atoms with van der Waals surface area (Å²) < 4.78 is 15.5. The average Bonchev–Trinajstić information content (AvgIpc) is 2.31. The molecule has 0 radical (unpaired) electrons. The minimum Gasteiger partial charge on any atom is -0.385 e. The van der Waals surface area contributed by atoms with Crippen LogP contribution in [0.4, 0.5) is 0 Å². The topological polar surface area (TPSA) is 39.7 Å². The Morgan fingerprint density at radius 2 is 1.81 bits per heavy atom. The Hall–Kier alpha value is -0.160. The largest absolute Gasteiger partial charge is 0.385 e. The fourth-order valence-corrected chi connectivity index (χ4v) is 1.43. The summed E-state index contributed by atoms with van der Waals surface area (Å²) in [5, 5.41) is 3.48. The first-order valence-corrected chi connectivity index (χ1v) is 6.14. The van der Waals surface area contributed by atoms with Crippen LogP contribution >= 0.6 is 0 Å². The van der Waals surface area contributed by atoms with E-state index < -0.39 is 0 Å². The fraction of sp³-hybridized carbons (Fsp3) is 1.00. The third-order valence-corrected chi connectivity index (χ3v) is 2.33. The van der Waals surface area contributed by atoms with E-state index >= 15 is 0 Å². The van der Waals surface area contributed by atoms with Gasteiger partial charge >= 0.3 is 0 Å². The van der Waals surface area contributed by atoms with Crippen LogP contribution in [0.3, 0.4) is 0 Å². The Morgan fingerprint density at radius 1 is 1.06 bits per heavy atom. The second-order valence-electron chi connectivity index (χ2n) is 3.85. The van der Waals surface area contributed by atoms with E-state index in [1.807, 2.05) is 0 Å². The molecule has 98 valence electrons. The molecule has 0 aromatic heterocycles. The molecular formula is C12H27NO3. The Balaban J connectivity index is 3.54. The molecule has 4 heteroatoms. The second-order valence-corrected chi connectivity index (χ2v) is 3.85. The van der Waals surface area contributed by atoms with E-state index in [-0.39, 0.29) is 0 Å². The van der Waals surface area contributed by atoms with E-state index in [2.05, 4.69) is 12.2 Å². The summed E-state index contributed by atoms with van der Waals surface area (Å²) >= 11 is 0. The number of nitrogens with one attached hydrogen (secondary N) is 1. The standard InChI is InChI=1S/C12H27NO3/c1-4-7-13-12(6-5-8-14-2)11-16-10-9-15-3/h12-13H,4-11H2,1-3H3. The van der Waals surface area contributed by atoms with E-state index in [4.69, 9.17) is 14.2 Å². The van der Waals surface area contributed by atoms with E-state index in [1.54, 1.807) is 14.2 Å². The van der Waals surface area contributed by atoms with Crippen molar-refractivity contribution in [1.29, 1.82) is 0 Å². The van der Waals surface area contributed by atoms with Gasteiger partial charge < -0.3 is 19.5 Å². The highest BCUT2D eigenvalue weighted by atomic mass is 16.5. The Morgan fingerprint density at radius 3 is 2.44 bits per heavy atom. The SMILES string of the molecule is CCCNC(CCCOC)COCCOC. The van der Waals surface area contributed by atoms with Crippen molar-refractivity contribution in [2.75, 3.05) is 47.2 Å². The molecule has 0 aliphatic carbocycles. The van der Waals surface area contributed by atoms with Crippen LogP contribution in [-0.2, 0) is 14.2 Å². The molecule has 0 rings (SSSR count). The third-order valence-electron chi connectivity index (χ3n) is 2.33. The Labute approximate surface area is 99.6 Å². The molecule has 0 saturated carbocycles. The second kappa shape index (κ2) is 12.9. The van der Waals surface area contributed by atoms with Crippen LogP contribution in [-0.4, -0.2) is 53.2 Å². The summed E-state index contributed by atoms with van der Waals surface area (Å²) in [7, 11) is 3.43. The lowest BCUT2D eigenvalue weighted by Gasteiger charge is -2.18. The minimum absolute atomic E-state index is 0.437. The van der Waals surface area contributed by atoms with Crippen molar-refractivity contribution in [3.8, 4) is 0 Å². The molecule has 0 spiro atoms. The number of rotatable bonds is 12. The number of methoxy groups -OCH3 is 2. The fourth-order valence-electron chi connectivity index (χ4n) is 1.43. The molecule has 0 aliphatic heterocycles. The third kappa shape index (κ3) is 10.4. The molecule has 16 heavy (non-hydrogen) atoms. The highest BCUT2D eigenvalue weighted by Gasteiger charge is 2.07. The molecule has 0 heterocycles. The molecule has 1 N–H and O–H groups in total. The summed E-state index contributed by atoms with van der Waals surface area (Å²) in [5.74, 6) is 0. The molecule has 0 fully saturated rings. The van der Waals surface area contributed by atoms with Gasteiger partial charge in [-0.05, 0) is 25.8 Å². The maximum absolute atomic E-state index is 5.54. The van der Waals surface area contributed by atoms with Gasteiger partial charge in [-0.3, -0.25) is 0 Å². The smallest absolute Gasteiger partial charge is 0.0701 e. The molecule has 0 aromatic carbocycles. The minimum atomic E-state index is 0.437. The molecule has 0 aromatic rings. The van der Waals surface area contributed by atoms with Gasteiger partial charge in [0, 0.05) is 26.9 Å². The van der Waals surface area contributed by atoms with Crippen LogP contribution in [0.1, 0.15) is 26.2 Å². The highest BCUT2D eigenvalue weighted by Crippen LogP contribution is 1.99. The average molecular weight is 233 g/mol. The van der Waals surface area contributed by atoms with Gasteiger partial charge in [-0.15, -0.1) is 0 Å². The van der Waals surface area contributed by atoms with Gasteiger partial charge in [-0.2, -0.15) is 0 Å². The van der Waals surface area contributed by atoms with Gasteiger partial charge in [0.25, 0.3) is 0 Å². The predicted molar refractivity (Wildman–Crippen MR) is 65.9 cm³/mol. The van der Waals surface area contributed by atoms with E-state index in [9.17, 15) is 0 Å². The van der Waals surface area contributed by atoms with Crippen LogP contribution in [0.5, 0.6) is 0 Å². The Kier molecular flexibility index (Phi) is 12.8. The molecular weight excluding hydrogens is 206 g/mol. The molecule has 0 bridgehead atoms. The lowest BCUT2D eigenvalue weighted by molar-refractivity contribution is 0.0559. The quantitative estimate of drug-likeness (QED) is 0.518. The van der Waals surface area contributed by atoms with Crippen molar-refractivity contribution >= 4 is 0 Å². The van der Waals surface area contributed by atoms with Crippen molar-refractivity contribution in [1.82, 2.24) is 5.32 Å². The van der Waals surface area contributed by atoms with Crippen molar-refractivity contribution in [3.63, 3.8) is 0 Å². The molecule has 0 saturated heterocycles. The first-order valence-electron chi connectivity index (χ1n) is 6.14. The first kappa shape index (κ1) is 15.8. The first-order chi connectivity index (χ1) is 7.85. The molecule has 4 nitrogen and oxygen atoms in total. The van der Waals surface area contributed by atoms with Crippen LogP contribution in [0, 0.1) is 0 Å². The number of hydrogen-bond donors (Lipinski definition) is 1. The molecule has 1 unspecified atom stereocenters. The van der Waals surface area contributed by atoms with Crippen molar-refractivity contribution in [3.05, 3.63) is 0 Å². The maximum Gasteiger partial charge on any atom is 0.0701 e.